The molecule has 1 amide bonds. The number of benzene rings is 1. The molecule has 0 spiro atoms. The summed E-state index contributed by atoms with van der Waals surface area (Å²) in [6.07, 6.45) is 1.75. The first-order valence-corrected chi connectivity index (χ1v) is 7.71. The zero-order chi connectivity index (χ0) is 15.7. The van der Waals surface area contributed by atoms with E-state index < -0.39 is 0 Å². The van der Waals surface area contributed by atoms with E-state index in [1.165, 1.54) is 0 Å². The Morgan fingerprint density at radius 2 is 2.27 bits per heavy atom. The van der Waals surface area contributed by atoms with Crippen LogP contribution >= 0.6 is 11.3 Å². The fourth-order valence-corrected chi connectivity index (χ4v) is 2.91. The SMILES string of the molecule is C=C(C)CN1C(=O)/C(=C\c2cccs2)Oc2cc(N)ccc21. The van der Waals surface area contributed by atoms with Gasteiger partial charge in [-0.2, -0.15) is 0 Å². The van der Waals surface area contributed by atoms with Crippen molar-refractivity contribution in [3.05, 3.63) is 58.5 Å². The maximum absolute atomic E-state index is 12.7. The Morgan fingerprint density at radius 1 is 1.45 bits per heavy atom. The number of hydrogen-bond acceptors (Lipinski definition) is 4. The van der Waals surface area contributed by atoms with Gasteiger partial charge in [0.15, 0.2) is 11.5 Å². The number of amides is 1. The van der Waals surface area contributed by atoms with Crippen molar-refractivity contribution in [1.82, 2.24) is 0 Å². The topological polar surface area (TPSA) is 55.6 Å². The van der Waals surface area contributed by atoms with Gasteiger partial charge >= 0.3 is 0 Å². The van der Waals surface area contributed by atoms with Gasteiger partial charge in [0.1, 0.15) is 0 Å². The van der Waals surface area contributed by atoms with E-state index in [1.807, 2.05) is 24.4 Å². The van der Waals surface area contributed by atoms with Gasteiger partial charge in [-0.1, -0.05) is 18.2 Å². The fourth-order valence-electron chi connectivity index (χ4n) is 2.26. The van der Waals surface area contributed by atoms with Gasteiger partial charge in [-0.3, -0.25) is 9.69 Å². The highest BCUT2D eigenvalue weighted by Crippen LogP contribution is 2.37. The highest BCUT2D eigenvalue weighted by molar-refractivity contribution is 7.10. The van der Waals surface area contributed by atoms with Gasteiger partial charge in [-0.05, 0) is 30.5 Å². The number of rotatable bonds is 3. The lowest BCUT2D eigenvalue weighted by atomic mass is 10.1. The lowest BCUT2D eigenvalue weighted by molar-refractivity contribution is -0.117. The standard InChI is InChI=1S/C17H16N2O2S/c1-11(2)10-19-14-6-5-12(18)8-15(14)21-16(17(19)20)9-13-4-3-7-22-13/h3-9H,1,10,18H2,2H3/b16-9+. The number of nitrogens with zero attached hydrogens (tertiary/aromatic N) is 1. The molecule has 2 aromatic rings. The number of anilines is 2. The maximum atomic E-state index is 12.7. The summed E-state index contributed by atoms with van der Waals surface area (Å²) in [5.41, 5.74) is 8.03. The van der Waals surface area contributed by atoms with E-state index >= 15 is 0 Å². The van der Waals surface area contributed by atoms with Crippen LogP contribution in [0.1, 0.15) is 11.8 Å². The molecule has 0 unspecified atom stereocenters. The lowest BCUT2D eigenvalue weighted by Gasteiger charge is -2.30. The summed E-state index contributed by atoms with van der Waals surface area (Å²) in [5.74, 6) is 0.708. The van der Waals surface area contributed by atoms with Crippen LogP contribution in [0.2, 0.25) is 0 Å². The van der Waals surface area contributed by atoms with Crippen LogP contribution < -0.4 is 15.4 Å². The summed E-state index contributed by atoms with van der Waals surface area (Å²) in [4.78, 5) is 15.3. The molecule has 0 fully saturated rings. The monoisotopic (exact) mass is 312 g/mol. The van der Waals surface area contributed by atoms with Crippen molar-refractivity contribution in [2.75, 3.05) is 17.2 Å². The van der Waals surface area contributed by atoms with Crippen molar-refractivity contribution in [1.29, 1.82) is 0 Å². The summed E-state index contributed by atoms with van der Waals surface area (Å²) in [7, 11) is 0. The number of fused-ring (bicyclic) bond motifs is 1. The van der Waals surface area contributed by atoms with Crippen LogP contribution in [-0.2, 0) is 4.79 Å². The zero-order valence-corrected chi connectivity index (χ0v) is 13.0. The average molecular weight is 312 g/mol. The third-order valence-corrected chi connectivity index (χ3v) is 4.01. The van der Waals surface area contributed by atoms with Crippen molar-refractivity contribution in [3.63, 3.8) is 0 Å². The van der Waals surface area contributed by atoms with Crippen LogP contribution in [0.5, 0.6) is 5.75 Å². The van der Waals surface area contributed by atoms with Crippen molar-refractivity contribution in [2.45, 2.75) is 6.92 Å². The highest BCUT2D eigenvalue weighted by atomic mass is 32.1. The van der Waals surface area contributed by atoms with Crippen LogP contribution in [0, 0.1) is 0 Å². The third kappa shape index (κ3) is 2.76. The van der Waals surface area contributed by atoms with Gasteiger partial charge in [-0.25, -0.2) is 0 Å². The molecule has 1 aromatic heterocycles. The molecular weight excluding hydrogens is 296 g/mol. The van der Waals surface area contributed by atoms with E-state index in [1.54, 1.807) is 40.5 Å². The number of ether oxygens (including phenoxy) is 1. The summed E-state index contributed by atoms with van der Waals surface area (Å²) in [6, 6.07) is 9.16. The van der Waals surface area contributed by atoms with Crippen LogP contribution in [0.3, 0.4) is 0 Å². The smallest absolute Gasteiger partial charge is 0.294 e. The second-order valence-electron chi connectivity index (χ2n) is 5.20. The second-order valence-corrected chi connectivity index (χ2v) is 6.18. The van der Waals surface area contributed by atoms with E-state index in [2.05, 4.69) is 6.58 Å². The number of carbonyl (C=O) groups excluding carboxylic acids is 1. The van der Waals surface area contributed by atoms with Crippen molar-refractivity contribution < 1.29 is 9.53 Å². The van der Waals surface area contributed by atoms with Crippen molar-refractivity contribution >= 4 is 34.7 Å². The van der Waals surface area contributed by atoms with Gasteiger partial charge in [0.25, 0.3) is 5.91 Å². The minimum atomic E-state index is -0.173. The molecular formula is C17H16N2O2S. The van der Waals surface area contributed by atoms with Crippen LogP contribution in [0.4, 0.5) is 11.4 Å². The van der Waals surface area contributed by atoms with E-state index in [4.69, 9.17) is 10.5 Å². The molecule has 5 heteroatoms. The Morgan fingerprint density at radius 3 is 2.95 bits per heavy atom. The van der Waals surface area contributed by atoms with E-state index in [0.717, 1.165) is 10.5 Å². The van der Waals surface area contributed by atoms with Gasteiger partial charge in [0.05, 0.1) is 5.69 Å². The molecule has 3 rings (SSSR count). The molecule has 22 heavy (non-hydrogen) atoms. The first-order chi connectivity index (χ1) is 10.5. The fraction of sp³-hybridized carbons (Fsp3) is 0.118. The summed E-state index contributed by atoms with van der Waals surface area (Å²) >= 11 is 1.55. The largest absolute Gasteiger partial charge is 0.449 e. The molecule has 0 radical (unpaired) electrons. The Labute approximate surface area is 133 Å². The van der Waals surface area contributed by atoms with Gasteiger partial charge < -0.3 is 10.5 Å². The number of nitrogen functional groups attached to an aromatic ring is 1. The molecule has 1 aliphatic rings. The minimum Gasteiger partial charge on any atom is -0.449 e. The zero-order valence-electron chi connectivity index (χ0n) is 12.2. The lowest BCUT2D eigenvalue weighted by Crippen LogP contribution is -2.38. The average Bonchev–Trinajstić information content (AvgIpc) is 2.96. The molecule has 112 valence electrons. The maximum Gasteiger partial charge on any atom is 0.294 e. The number of carbonyl (C=O) groups is 1. The summed E-state index contributed by atoms with van der Waals surface area (Å²) in [6.45, 7) is 6.23. The number of nitrogens with two attached hydrogens (primary N) is 1. The van der Waals surface area contributed by atoms with Crippen LogP contribution in [0.25, 0.3) is 6.08 Å². The third-order valence-electron chi connectivity index (χ3n) is 3.20. The summed E-state index contributed by atoms with van der Waals surface area (Å²) in [5, 5.41) is 1.96. The van der Waals surface area contributed by atoms with E-state index in [-0.39, 0.29) is 5.91 Å². The predicted molar refractivity (Wildman–Crippen MR) is 90.9 cm³/mol. The molecule has 0 aliphatic carbocycles. The first-order valence-electron chi connectivity index (χ1n) is 6.83. The Kier molecular flexibility index (Phi) is 3.73. The molecule has 0 saturated heterocycles. The van der Waals surface area contributed by atoms with Gasteiger partial charge in [-0.15, -0.1) is 11.3 Å². The quantitative estimate of drug-likeness (QED) is 0.534. The number of thiophene rings is 1. The normalized spacial score (nSPS) is 15.6. The first kappa shape index (κ1) is 14.4. The molecule has 0 saturated carbocycles. The second kappa shape index (κ2) is 5.69. The molecule has 0 bridgehead atoms. The van der Waals surface area contributed by atoms with Crippen molar-refractivity contribution in [2.24, 2.45) is 0 Å². The van der Waals surface area contributed by atoms with Gasteiger partial charge in [0.2, 0.25) is 0 Å². The van der Waals surface area contributed by atoms with Gasteiger partial charge in [0, 0.05) is 29.3 Å². The van der Waals surface area contributed by atoms with Crippen LogP contribution in [-0.4, -0.2) is 12.5 Å². The molecule has 1 aromatic carbocycles. The van der Waals surface area contributed by atoms with E-state index in [0.29, 0.717) is 29.4 Å². The minimum absolute atomic E-state index is 0.173. The molecule has 1 aliphatic heterocycles. The van der Waals surface area contributed by atoms with Crippen LogP contribution in [0.15, 0.2) is 53.6 Å². The summed E-state index contributed by atoms with van der Waals surface area (Å²) < 4.78 is 5.78. The Balaban J connectivity index is 2.06. The predicted octanol–water partition coefficient (Wildman–Crippen LogP) is 3.67. The Hall–Kier alpha value is -2.53. The molecule has 0 atom stereocenters. The van der Waals surface area contributed by atoms with E-state index in [9.17, 15) is 4.79 Å². The Bertz CT molecular complexity index is 763. The highest BCUT2D eigenvalue weighted by Gasteiger charge is 2.30. The molecule has 2 heterocycles. The number of hydrogen-bond donors (Lipinski definition) is 1. The van der Waals surface area contributed by atoms with Crippen molar-refractivity contribution in [3.8, 4) is 5.75 Å². The molecule has 4 nitrogen and oxygen atoms in total. The molecule has 2 N–H and O–H groups in total.